The molecular weight excluding hydrogens is 375 g/mol. The molecule has 9 heteroatoms. The van der Waals surface area contributed by atoms with Crippen LogP contribution in [0.15, 0.2) is 30.6 Å². The first kappa shape index (κ1) is 18.4. The molecule has 0 aliphatic rings. The Balaban J connectivity index is 2.11. The van der Waals surface area contributed by atoms with Crippen LogP contribution in [-0.4, -0.2) is 39.2 Å². The normalized spacial score (nSPS) is 11.0. The second kappa shape index (κ2) is 6.91. The molecule has 0 aliphatic heterocycles. The number of carbonyl (C=O) groups is 1. The van der Waals surface area contributed by atoms with E-state index in [9.17, 15) is 9.18 Å². The molecule has 0 aliphatic carbocycles. The van der Waals surface area contributed by atoms with Crippen molar-refractivity contribution in [2.24, 2.45) is 7.05 Å². The summed E-state index contributed by atoms with van der Waals surface area (Å²) in [5.74, 6) is -0.439. The monoisotopic (exact) mass is 392 g/mol. The van der Waals surface area contributed by atoms with Crippen molar-refractivity contribution in [3.8, 4) is 11.3 Å². The number of esters is 1. The summed E-state index contributed by atoms with van der Waals surface area (Å²) < 4.78 is 22.5. The van der Waals surface area contributed by atoms with Crippen LogP contribution in [0, 0.1) is 12.4 Å². The third-order valence-electron chi connectivity index (χ3n) is 4.76. The van der Waals surface area contributed by atoms with Crippen LogP contribution in [0.4, 0.5) is 15.9 Å². The minimum Gasteiger partial charge on any atom is -0.468 e. The Bertz CT molecular complexity index is 1310. The molecular formula is C20H17FN6O2. The van der Waals surface area contributed by atoms with Crippen molar-refractivity contribution in [1.82, 2.24) is 19.1 Å². The predicted molar refractivity (Wildman–Crippen MR) is 107 cm³/mol. The van der Waals surface area contributed by atoms with Crippen molar-refractivity contribution in [1.29, 1.82) is 0 Å². The molecule has 0 fully saturated rings. The van der Waals surface area contributed by atoms with Gasteiger partial charge in [0.15, 0.2) is 11.5 Å². The first-order valence-electron chi connectivity index (χ1n) is 8.74. The molecule has 29 heavy (non-hydrogen) atoms. The first-order valence-corrected chi connectivity index (χ1v) is 8.74. The number of carbonyl (C=O) groups excluding carboxylic acids is 1. The number of hydrogen-bond donors (Lipinski definition) is 1. The van der Waals surface area contributed by atoms with E-state index < -0.39 is 11.8 Å². The van der Waals surface area contributed by atoms with Crippen LogP contribution >= 0.6 is 0 Å². The fraction of sp³-hybridized carbons (Fsp3) is 0.200. The van der Waals surface area contributed by atoms with E-state index >= 15 is 0 Å². The molecule has 0 amide bonds. The van der Waals surface area contributed by atoms with E-state index in [-0.39, 0.29) is 12.2 Å². The lowest BCUT2D eigenvalue weighted by molar-refractivity contribution is -0.141. The van der Waals surface area contributed by atoms with Crippen LogP contribution in [0.2, 0.25) is 0 Å². The zero-order chi connectivity index (χ0) is 20.7. The van der Waals surface area contributed by atoms with Gasteiger partial charge in [-0.1, -0.05) is 0 Å². The first-order chi connectivity index (χ1) is 14.0. The van der Waals surface area contributed by atoms with Gasteiger partial charge in [0, 0.05) is 25.2 Å². The SMILES string of the molecule is [C-]#[N+]c1cc(F)cc(-c2cc3c4c(ncn4C)c(NC)nc3n2CC(=O)OC)c1. The molecule has 4 rings (SSSR count). The molecule has 1 aromatic carbocycles. The van der Waals surface area contributed by atoms with Crippen LogP contribution in [0.5, 0.6) is 0 Å². The van der Waals surface area contributed by atoms with E-state index in [0.717, 1.165) is 10.9 Å². The summed E-state index contributed by atoms with van der Waals surface area (Å²) in [6, 6.07) is 5.91. The molecule has 4 aromatic rings. The summed E-state index contributed by atoms with van der Waals surface area (Å²) in [5.41, 5.74) is 3.23. The smallest absolute Gasteiger partial charge is 0.325 e. The van der Waals surface area contributed by atoms with Crippen LogP contribution in [0.1, 0.15) is 0 Å². The van der Waals surface area contributed by atoms with Crippen molar-refractivity contribution >= 4 is 39.5 Å². The van der Waals surface area contributed by atoms with E-state index in [2.05, 4.69) is 20.1 Å². The number of nitrogens with one attached hydrogen (secondary N) is 1. The summed E-state index contributed by atoms with van der Waals surface area (Å²) in [6.45, 7) is 7.10. The number of imidazole rings is 1. The molecule has 0 radical (unpaired) electrons. The predicted octanol–water partition coefficient (Wildman–Crippen LogP) is 3.49. The standard InChI is InChI=1S/C20H17FN6O2/c1-22-13-6-11(5-12(21)7-13)15-8-14-18-17(24-10-26(18)3)19(23-2)25-20(14)27(15)9-16(28)29-4/h5-8,10H,9H2,2-4H3,(H,23,25). The maximum atomic E-state index is 14.1. The average Bonchev–Trinajstić information content (AvgIpc) is 3.27. The third-order valence-corrected chi connectivity index (χ3v) is 4.76. The Hall–Kier alpha value is -3.93. The number of rotatable bonds is 4. The van der Waals surface area contributed by atoms with Crippen LogP contribution in [0.3, 0.4) is 0 Å². The number of aromatic nitrogens is 4. The third kappa shape index (κ3) is 2.95. The second-order valence-electron chi connectivity index (χ2n) is 6.50. The average molecular weight is 392 g/mol. The van der Waals surface area contributed by atoms with Gasteiger partial charge in [0.2, 0.25) is 0 Å². The molecule has 1 N–H and O–H groups in total. The topological polar surface area (TPSA) is 78.3 Å². The molecule has 0 atom stereocenters. The quantitative estimate of drug-likeness (QED) is 0.425. The lowest BCUT2D eigenvalue weighted by Crippen LogP contribution is -2.13. The van der Waals surface area contributed by atoms with E-state index in [1.165, 1.54) is 19.2 Å². The highest BCUT2D eigenvalue weighted by Crippen LogP contribution is 2.35. The Labute approximate surface area is 165 Å². The maximum Gasteiger partial charge on any atom is 0.325 e. The highest BCUT2D eigenvalue weighted by molar-refractivity contribution is 6.08. The molecule has 0 unspecified atom stereocenters. The van der Waals surface area contributed by atoms with Gasteiger partial charge < -0.3 is 19.2 Å². The van der Waals surface area contributed by atoms with Crippen molar-refractivity contribution in [3.63, 3.8) is 0 Å². The number of anilines is 1. The van der Waals surface area contributed by atoms with Crippen molar-refractivity contribution in [2.75, 3.05) is 19.5 Å². The van der Waals surface area contributed by atoms with E-state index in [0.29, 0.717) is 28.2 Å². The fourth-order valence-electron chi connectivity index (χ4n) is 3.47. The van der Waals surface area contributed by atoms with Gasteiger partial charge in [-0.15, -0.1) is 0 Å². The van der Waals surface area contributed by atoms with E-state index in [4.69, 9.17) is 11.3 Å². The molecule has 0 bridgehead atoms. The highest BCUT2D eigenvalue weighted by atomic mass is 19.1. The van der Waals surface area contributed by atoms with Gasteiger partial charge in [-0.3, -0.25) is 4.79 Å². The van der Waals surface area contributed by atoms with Gasteiger partial charge >= 0.3 is 5.97 Å². The van der Waals surface area contributed by atoms with Crippen molar-refractivity contribution in [3.05, 3.63) is 47.8 Å². The van der Waals surface area contributed by atoms with Gasteiger partial charge in [-0.05, 0) is 29.8 Å². The highest BCUT2D eigenvalue weighted by Gasteiger charge is 2.21. The van der Waals surface area contributed by atoms with Gasteiger partial charge in [0.05, 0.1) is 25.5 Å². The summed E-state index contributed by atoms with van der Waals surface area (Å²) in [7, 11) is 4.91. The molecule has 3 aromatic heterocycles. The summed E-state index contributed by atoms with van der Waals surface area (Å²) in [4.78, 5) is 24.5. The van der Waals surface area contributed by atoms with Crippen LogP contribution < -0.4 is 5.32 Å². The summed E-state index contributed by atoms with van der Waals surface area (Å²) >= 11 is 0. The minimum absolute atomic E-state index is 0.112. The van der Waals surface area contributed by atoms with E-state index in [1.54, 1.807) is 24.0 Å². The number of benzene rings is 1. The zero-order valence-corrected chi connectivity index (χ0v) is 16.0. The molecule has 0 saturated carbocycles. The largest absolute Gasteiger partial charge is 0.468 e. The lowest BCUT2D eigenvalue weighted by atomic mass is 10.1. The van der Waals surface area contributed by atoms with Gasteiger partial charge in [-0.2, -0.15) is 0 Å². The zero-order valence-electron chi connectivity index (χ0n) is 16.0. The van der Waals surface area contributed by atoms with Crippen molar-refractivity contribution in [2.45, 2.75) is 6.54 Å². The lowest BCUT2D eigenvalue weighted by Gasteiger charge is -2.11. The maximum absolute atomic E-state index is 14.1. The molecule has 0 spiro atoms. The van der Waals surface area contributed by atoms with Crippen LogP contribution in [0.25, 0.3) is 38.2 Å². The number of aryl methyl sites for hydroxylation is 1. The van der Waals surface area contributed by atoms with Gasteiger partial charge in [0.1, 0.15) is 23.5 Å². The number of hydrogen-bond acceptors (Lipinski definition) is 5. The summed E-state index contributed by atoms with van der Waals surface area (Å²) in [5, 5.41) is 3.79. The van der Waals surface area contributed by atoms with E-state index in [1.807, 2.05) is 17.7 Å². The van der Waals surface area contributed by atoms with Gasteiger partial charge in [0.25, 0.3) is 0 Å². The molecule has 146 valence electrons. The Morgan fingerprint density at radius 1 is 1.34 bits per heavy atom. The second-order valence-corrected chi connectivity index (χ2v) is 6.50. The number of ether oxygens (including phenoxy) is 1. The molecule has 8 nitrogen and oxygen atoms in total. The number of halogens is 1. The Kier molecular flexibility index (Phi) is 4.39. The molecule has 3 heterocycles. The number of pyridine rings is 1. The number of nitrogens with zero attached hydrogens (tertiary/aromatic N) is 5. The van der Waals surface area contributed by atoms with Gasteiger partial charge in [-0.25, -0.2) is 19.2 Å². The minimum atomic E-state index is -0.530. The fourth-order valence-corrected chi connectivity index (χ4v) is 3.47. The number of methoxy groups -OCH3 is 1. The summed E-state index contributed by atoms with van der Waals surface area (Å²) in [6.07, 6.45) is 1.68. The van der Waals surface area contributed by atoms with Crippen molar-refractivity contribution < 1.29 is 13.9 Å². The number of fused-ring (bicyclic) bond motifs is 3. The van der Waals surface area contributed by atoms with Crippen LogP contribution in [-0.2, 0) is 23.1 Å². The Morgan fingerprint density at radius 2 is 2.14 bits per heavy atom. The Morgan fingerprint density at radius 3 is 2.83 bits per heavy atom. The molecule has 0 saturated heterocycles.